The molecule has 6 rings (SSSR count). The summed E-state index contributed by atoms with van der Waals surface area (Å²) in [5.41, 5.74) is 3.36. The van der Waals surface area contributed by atoms with Gasteiger partial charge >= 0.3 is 0 Å². The van der Waals surface area contributed by atoms with Gasteiger partial charge in [-0.2, -0.15) is 0 Å². The summed E-state index contributed by atoms with van der Waals surface area (Å²) < 4.78 is 5.58. The summed E-state index contributed by atoms with van der Waals surface area (Å²) in [4.78, 5) is 17.7. The first-order valence-corrected chi connectivity index (χ1v) is 12.3. The minimum atomic E-state index is 0.173. The van der Waals surface area contributed by atoms with E-state index < -0.39 is 0 Å². The molecule has 5 heteroatoms. The summed E-state index contributed by atoms with van der Waals surface area (Å²) >= 11 is 0. The maximum atomic E-state index is 12.9. The van der Waals surface area contributed by atoms with Gasteiger partial charge in [-0.3, -0.25) is 9.69 Å². The Hall–Kier alpha value is -2.37. The van der Waals surface area contributed by atoms with Crippen LogP contribution in [0.3, 0.4) is 0 Å². The van der Waals surface area contributed by atoms with E-state index in [-0.39, 0.29) is 11.9 Å². The van der Waals surface area contributed by atoms with Crippen LogP contribution in [0.2, 0.25) is 0 Å². The first kappa shape index (κ1) is 20.3. The van der Waals surface area contributed by atoms with Crippen molar-refractivity contribution in [2.45, 2.75) is 68.7 Å². The van der Waals surface area contributed by atoms with Crippen molar-refractivity contribution >= 4 is 5.91 Å². The predicted molar refractivity (Wildman–Crippen MR) is 125 cm³/mol. The van der Waals surface area contributed by atoms with Gasteiger partial charge in [0.25, 0.3) is 5.91 Å². The number of carbonyl (C=O) groups is 1. The van der Waals surface area contributed by atoms with Gasteiger partial charge in [0.2, 0.25) is 0 Å². The number of carbonyl (C=O) groups excluding carboxylic acids is 1. The fraction of sp³-hybridized carbons (Fsp3) is 0.519. The maximum Gasteiger partial charge on any atom is 0.253 e. The molecule has 0 aliphatic carbocycles. The van der Waals surface area contributed by atoms with Gasteiger partial charge in [-0.05, 0) is 73.9 Å². The molecular formula is C27H33N3O2. The third-order valence-corrected chi connectivity index (χ3v) is 8.24. The van der Waals surface area contributed by atoms with Gasteiger partial charge in [0, 0.05) is 42.8 Å². The molecule has 4 unspecified atom stereocenters. The van der Waals surface area contributed by atoms with Crippen molar-refractivity contribution in [1.82, 2.24) is 15.1 Å². The summed E-state index contributed by atoms with van der Waals surface area (Å²) in [5.74, 6) is 1.08. The van der Waals surface area contributed by atoms with Crippen molar-refractivity contribution in [3.05, 3.63) is 65.2 Å². The zero-order chi connectivity index (χ0) is 21.7. The van der Waals surface area contributed by atoms with Crippen LogP contribution >= 0.6 is 0 Å². The topological polar surface area (TPSA) is 44.8 Å². The predicted octanol–water partition coefficient (Wildman–Crippen LogP) is 3.99. The van der Waals surface area contributed by atoms with Gasteiger partial charge in [-0.1, -0.05) is 24.3 Å². The number of hydrogen-bond donors (Lipinski definition) is 1. The van der Waals surface area contributed by atoms with E-state index in [4.69, 9.17) is 4.74 Å². The summed E-state index contributed by atoms with van der Waals surface area (Å²) in [6, 6.07) is 19.5. The summed E-state index contributed by atoms with van der Waals surface area (Å²) in [6.07, 6.45) is 7.36. The molecule has 4 bridgehead atoms. The van der Waals surface area contributed by atoms with E-state index in [1.807, 2.05) is 23.1 Å². The average molecular weight is 432 g/mol. The van der Waals surface area contributed by atoms with E-state index in [1.165, 1.54) is 36.8 Å². The van der Waals surface area contributed by atoms with Gasteiger partial charge in [0.05, 0.1) is 13.2 Å². The van der Waals surface area contributed by atoms with Crippen LogP contribution in [0.1, 0.15) is 66.1 Å². The molecule has 4 aliphatic heterocycles. The van der Waals surface area contributed by atoms with Gasteiger partial charge in [-0.25, -0.2) is 0 Å². The Kier molecular flexibility index (Phi) is 5.19. The number of nitrogens with one attached hydrogen (secondary N) is 1. The molecule has 4 saturated heterocycles. The van der Waals surface area contributed by atoms with Crippen molar-refractivity contribution in [2.75, 3.05) is 20.2 Å². The second kappa shape index (κ2) is 8.20. The van der Waals surface area contributed by atoms with Crippen LogP contribution in [0.25, 0.3) is 0 Å². The highest BCUT2D eigenvalue weighted by Crippen LogP contribution is 2.47. The Morgan fingerprint density at radius 1 is 0.938 bits per heavy atom. The van der Waals surface area contributed by atoms with Gasteiger partial charge in [0.1, 0.15) is 5.75 Å². The van der Waals surface area contributed by atoms with E-state index >= 15 is 0 Å². The minimum absolute atomic E-state index is 0.173. The molecule has 1 N–H and O–H groups in total. The van der Waals surface area contributed by atoms with E-state index in [1.54, 1.807) is 7.11 Å². The number of benzene rings is 2. The molecule has 0 saturated carbocycles. The molecule has 2 aromatic rings. The van der Waals surface area contributed by atoms with E-state index in [0.29, 0.717) is 24.2 Å². The highest BCUT2D eigenvalue weighted by molar-refractivity contribution is 5.94. The molecule has 168 valence electrons. The summed E-state index contributed by atoms with van der Waals surface area (Å²) in [6.45, 7) is 1.78. The monoisotopic (exact) mass is 431 g/mol. The van der Waals surface area contributed by atoms with E-state index in [2.05, 4.69) is 40.5 Å². The number of piperazine rings is 1. The zero-order valence-electron chi connectivity index (χ0n) is 18.9. The number of methoxy groups -OCH3 is 1. The lowest BCUT2D eigenvalue weighted by atomic mass is 9.92. The normalized spacial score (nSPS) is 30.0. The SMILES string of the molecule is COc1cccc(C(c2ccc(C(=O)N3CCCC3)cc2)N2C3CCC2[C@H]2CCC3N2)c1. The molecule has 1 amide bonds. The van der Waals surface area contributed by atoms with Crippen LogP contribution in [0, 0.1) is 0 Å². The molecule has 5 nitrogen and oxygen atoms in total. The smallest absolute Gasteiger partial charge is 0.253 e. The van der Waals surface area contributed by atoms with Crippen molar-refractivity contribution in [3.63, 3.8) is 0 Å². The molecule has 0 aromatic heterocycles. The van der Waals surface area contributed by atoms with E-state index in [9.17, 15) is 4.79 Å². The minimum Gasteiger partial charge on any atom is -0.497 e. The standard InChI is InChI=1S/C27H33N3O2/c1-32-21-6-4-5-20(17-21)26(30-24-13-14-25(30)23-12-11-22(24)28-23)18-7-9-19(10-8-18)27(31)29-15-2-3-16-29/h4-10,17,22-26,28H,2-3,11-16H2,1H3/t22-,23?,24?,25?,26?/m1/s1. The van der Waals surface area contributed by atoms with E-state index in [0.717, 1.165) is 37.2 Å². The molecule has 0 radical (unpaired) electrons. The van der Waals surface area contributed by atoms with Crippen molar-refractivity contribution in [1.29, 1.82) is 0 Å². The van der Waals surface area contributed by atoms with Crippen molar-refractivity contribution < 1.29 is 9.53 Å². The fourth-order valence-electron chi connectivity index (χ4n) is 6.75. The lowest BCUT2D eigenvalue weighted by molar-refractivity contribution is 0.0789. The fourth-order valence-corrected chi connectivity index (χ4v) is 6.75. The third kappa shape index (κ3) is 3.34. The third-order valence-electron chi connectivity index (χ3n) is 8.24. The number of fused-ring (bicyclic) bond motifs is 6. The van der Waals surface area contributed by atoms with Crippen LogP contribution in [-0.4, -0.2) is 60.1 Å². The highest BCUT2D eigenvalue weighted by atomic mass is 16.5. The highest BCUT2D eigenvalue weighted by Gasteiger charge is 2.52. The van der Waals surface area contributed by atoms with Crippen LogP contribution in [-0.2, 0) is 0 Å². The largest absolute Gasteiger partial charge is 0.497 e. The molecule has 4 fully saturated rings. The number of ether oxygens (including phenoxy) is 1. The Bertz CT molecular complexity index is 967. The molecular weight excluding hydrogens is 398 g/mol. The average Bonchev–Trinajstić information content (AvgIpc) is 3.56. The molecule has 2 aromatic carbocycles. The van der Waals surface area contributed by atoms with Crippen LogP contribution in [0.4, 0.5) is 0 Å². The molecule has 32 heavy (non-hydrogen) atoms. The Labute approximate surface area is 190 Å². The molecule has 4 aliphatic rings. The first-order chi connectivity index (χ1) is 15.7. The first-order valence-electron chi connectivity index (χ1n) is 12.3. The second-order valence-corrected chi connectivity index (χ2v) is 9.92. The Morgan fingerprint density at radius 3 is 2.28 bits per heavy atom. The molecule has 4 heterocycles. The van der Waals surface area contributed by atoms with Gasteiger partial charge in [-0.15, -0.1) is 0 Å². The Balaban J connectivity index is 1.37. The number of nitrogens with zero attached hydrogens (tertiary/aromatic N) is 2. The lowest BCUT2D eigenvalue weighted by Crippen LogP contribution is -2.59. The van der Waals surface area contributed by atoms with Crippen molar-refractivity contribution in [2.24, 2.45) is 0 Å². The second-order valence-electron chi connectivity index (χ2n) is 9.92. The van der Waals surface area contributed by atoms with Crippen LogP contribution < -0.4 is 10.1 Å². The number of hydrogen-bond acceptors (Lipinski definition) is 4. The van der Waals surface area contributed by atoms with Gasteiger partial charge in [0.15, 0.2) is 0 Å². The number of rotatable bonds is 5. The maximum absolute atomic E-state index is 12.9. The quantitative estimate of drug-likeness (QED) is 0.778. The number of likely N-dealkylation sites (tertiary alicyclic amines) is 1. The lowest BCUT2D eigenvalue weighted by Gasteiger charge is -2.45. The zero-order valence-corrected chi connectivity index (χ0v) is 18.9. The summed E-state index contributed by atoms with van der Waals surface area (Å²) in [5, 5.41) is 3.90. The van der Waals surface area contributed by atoms with Gasteiger partial charge < -0.3 is 15.0 Å². The van der Waals surface area contributed by atoms with Crippen LogP contribution in [0.15, 0.2) is 48.5 Å². The van der Waals surface area contributed by atoms with Crippen LogP contribution in [0.5, 0.6) is 5.75 Å². The molecule has 0 spiro atoms. The summed E-state index contributed by atoms with van der Waals surface area (Å²) in [7, 11) is 1.74. The van der Waals surface area contributed by atoms with Crippen molar-refractivity contribution in [3.8, 4) is 5.75 Å². The number of amides is 1. The molecule has 5 atom stereocenters. The Morgan fingerprint density at radius 2 is 1.62 bits per heavy atom.